The van der Waals surface area contributed by atoms with Gasteiger partial charge in [-0.15, -0.1) is 0 Å². The normalized spacial score (nSPS) is 21.4. The molecule has 2 nitrogen and oxygen atoms in total. The van der Waals surface area contributed by atoms with Crippen molar-refractivity contribution >= 4 is 17.3 Å². The van der Waals surface area contributed by atoms with E-state index in [-0.39, 0.29) is 0 Å². The van der Waals surface area contributed by atoms with E-state index >= 15 is 0 Å². The first-order valence-corrected chi connectivity index (χ1v) is 6.83. The molecule has 3 heteroatoms. The average molecular weight is 253 g/mol. The van der Waals surface area contributed by atoms with Crippen LogP contribution in [0, 0.1) is 0 Å². The van der Waals surface area contributed by atoms with Gasteiger partial charge in [-0.05, 0) is 57.1 Å². The molecule has 0 bridgehead atoms. The van der Waals surface area contributed by atoms with Crippen LogP contribution in [-0.4, -0.2) is 31.1 Å². The van der Waals surface area contributed by atoms with Gasteiger partial charge in [-0.1, -0.05) is 18.0 Å². The summed E-state index contributed by atoms with van der Waals surface area (Å²) in [5, 5.41) is 4.25. The van der Waals surface area contributed by atoms with Crippen LogP contribution in [-0.2, 0) is 0 Å². The fraction of sp³-hybridized carbons (Fsp3) is 0.571. The molecule has 1 aliphatic heterocycles. The van der Waals surface area contributed by atoms with E-state index in [1.807, 2.05) is 24.3 Å². The number of rotatable bonds is 4. The van der Waals surface area contributed by atoms with Crippen molar-refractivity contribution < 1.29 is 0 Å². The van der Waals surface area contributed by atoms with Gasteiger partial charge in [-0.25, -0.2) is 0 Å². The minimum atomic E-state index is 0.753. The van der Waals surface area contributed by atoms with E-state index in [9.17, 15) is 0 Å². The van der Waals surface area contributed by atoms with Gasteiger partial charge in [0, 0.05) is 23.3 Å². The Hall–Kier alpha value is -0.730. The van der Waals surface area contributed by atoms with Gasteiger partial charge in [-0.2, -0.15) is 0 Å². The Balaban J connectivity index is 1.73. The predicted octanol–water partition coefficient (Wildman–Crippen LogP) is 3.63. The number of anilines is 1. The van der Waals surface area contributed by atoms with Crippen molar-refractivity contribution in [2.45, 2.75) is 31.7 Å². The van der Waals surface area contributed by atoms with Crippen molar-refractivity contribution in [2.75, 3.05) is 25.5 Å². The van der Waals surface area contributed by atoms with Crippen molar-refractivity contribution in [1.82, 2.24) is 4.90 Å². The third-order valence-electron chi connectivity index (χ3n) is 3.57. The Morgan fingerprint density at radius 1 is 1.29 bits per heavy atom. The van der Waals surface area contributed by atoms with E-state index in [0.29, 0.717) is 0 Å². The number of piperidine rings is 1. The van der Waals surface area contributed by atoms with Crippen LogP contribution in [0.2, 0.25) is 5.02 Å². The third kappa shape index (κ3) is 3.90. The summed E-state index contributed by atoms with van der Waals surface area (Å²) in [6.07, 6.45) is 5.31. The van der Waals surface area contributed by atoms with Crippen molar-refractivity contribution in [3.05, 3.63) is 29.3 Å². The number of nitrogens with zero attached hydrogens (tertiary/aromatic N) is 1. The Bertz CT molecular complexity index is 337. The largest absolute Gasteiger partial charge is 0.385 e. The zero-order valence-corrected chi connectivity index (χ0v) is 11.2. The van der Waals surface area contributed by atoms with Crippen LogP contribution in [0.5, 0.6) is 0 Å². The summed E-state index contributed by atoms with van der Waals surface area (Å²) in [5.41, 5.74) is 1.16. The molecule has 1 N–H and O–H groups in total. The number of likely N-dealkylation sites (tertiary alicyclic amines) is 1. The second-order valence-corrected chi connectivity index (χ2v) is 5.29. The fourth-order valence-corrected chi connectivity index (χ4v) is 2.59. The smallest absolute Gasteiger partial charge is 0.0407 e. The van der Waals surface area contributed by atoms with E-state index in [4.69, 9.17) is 11.6 Å². The highest BCUT2D eigenvalue weighted by molar-refractivity contribution is 6.30. The monoisotopic (exact) mass is 252 g/mol. The lowest BCUT2D eigenvalue weighted by atomic mass is 10.0. The van der Waals surface area contributed by atoms with Crippen LogP contribution in [0.1, 0.15) is 25.7 Å². The van der Waals surface area contributed by atoms with Crippen molar-refractivity contribution in [3.8, 4) is 0 Å². The Morgan fingerprint density at radius 3 is 2.76 bits per heavy atom. The summed E-state index contributed by atoms with van der Waals surface area (Å²) < 4.78 is 0. The third-order valence-corrected chi connectivity index (χ3v) is 3.82. The molecule has 2 rings (SSSR count). The zero-order valence-electron chi connectivity index (χ0n) is 10.5. The molecule has 0 radical (unpaired) electrons. The second kappa shape index (κ2) is 6.27. The van der Waals surface area contributed by atoms with E-state index in [0.717, 1.165) is 23.3 Å². The van der Waals surface area contributed by atoms with Gasteiger partial charge in [0.25, 0.3) is 0 Å². The van der Waals surface area contributed by atoms with E-state index in [2.05, 4.69) is 17.3 Å². The first-order chi connectivity index (χ1) is 8.25. The standard InChI is InChI=1S/C14H21ClN2/c1-17-11-3-2-4-14(17)9-10-16-13-7-5-12(15)6-8-13/h5-8,14,16H,2-4,9-11H2,1H3. The topological polar surface area (TPSA) is 15.3 Å². The molecule has 1 saturated heterocycles. The van der Waals surface area contributed by atoms with E-state index in [1.165, 1.54) is 32.2 Å². The summed E-state index contributed by atoms with van der Waals surface area (Å²) in [5.74, 6) is 0. The number of halogens is 1. The molecule has 0 aromatic heterocycles. The minimum absolute atomic E-state index is 0.753. The molecule has 0 spiro atoms. The first kappa shape index (κ1) is 12.7. The summed E-state index contributed by atoms with van der Waals surface area (Å²) in [7, 11) is 2.24. The molecule has 1 atom stereocenters. The molecule has 1 fully saturated rings. The molecular weight excluding hydrogens is 232 g/mol. The zero-order chi connectivity index (χ0) is 12.1. The van der Waals surface area contributed by atoms with E-state index in [1.54, 1.807) is 0 Å². The Morgan fingerprint density at radius 2 is 2.06 bits per heavy atom. The Kier molecular flexibility index (Phi) is 4.69. The molecule has 1 aromatic carbocycles. The van der Waals surface area contributed by atoms with Crippen LogP contribution in [0.3, 0.4) is 0 Å². The SMILES string of the molecule is CN1CCCCC1CCNc1ccc(Cl)cc1. The van der Waals surface area contributed by atoms with Gasteiger partial charge in [0.15, 0.2) is 0 Å². The average Bonchev–Trinajstić information content (AvgIpc) is 2.34. The summed E-state index contributed by atoms with van der Waals surface area (Å²) in [4.78, 5) is 2.49. The number of nitrogens with one attached hydrogen (secondary N) is 1. The lowest BCUT2D eigenvalue weighted by Crippen LogP contribution is -2.37. The maximum atomic E-state index is 5.85. The highest BCUT2D eigenvalue weighted by atomic mass is 35.5. The highest BCUT2D eigenvalue weighted by Crippen LogP contribution is 2.18. The summed E-state index contributed by atoms with van der Waals surface area (Å²) in [6, 6.07) is 8.68. The fourth-order valence-electron chi connectivity index (χ4n) is 2.46. The molecule has 0 saturated carbocycles. The number of benzene rings is 1. The van der Waals surface area contributed by atoms with Crippen molar-refractivity contribution in [2.24, 2.45) is 0 Å². The van der Waals surface area contributed by atoms with Crippen LogP contribution in [0.15, 0.2) is 24.3 Å². The lowest BCUT2D eigenvalue weighted by Gasteiger charge is -2.32. The van der Waals surface area contributed by atoms with Gasteiger partial charge in [-0.3, -0.25) is 0 Å². The molecule has 0 amide bonds. The van der Waals surface area contributed by atoms with Crippen LogP contribution < -0.4 is 5.32 Å². The minimum Gasteiger partial charge on any atom is -0.385 e. The Labute approximate surface area is 109 Å². The summed E-state index contributed by atoms with van der Waals surface area (Å²) in [6.45, 7) is 2.29. The van der Waals surface area contributed by atoms with Crippen molar-refractivity contribution in [1.29, 1.82) is 0 Å². The van der Waals surface area contributed by atoms with Crippen molar-refractivity contribution in [3.63, 3.8) is 0 Å². The molecule has 17 heavy (non-hydrogen) atoms. The maximum absolute atomic E-state index is 5.85. The summed E-state index contributed by atoms with van der Waals surface area (Å²) >= 11 is 5.85. The van der Waals surface area contributed by atoms with Gasteiger partial charge >= 0.3 is 0 Å². The lowest BCUT2D eigenvalue weighted by molar-refractivity contribution is 0.179. The number of hydrogen-bond acceptors (Lipinski definition) is 2. The molecular formula is C14H21ClN2. The van der Waals surface area contributed by atoms with Crippen LogP contribution in [0.4, 0.5) is 5.69 Å². The van der Waals surface area contributed by atoms with E-state index < -0.39 is 0 Å². The quantitative estimate of drug-likeness (QED) is 0.881. The molecule has 94 valence electrons. The van der Waals surface area contributed by atoms with Gasteiger partial charge < -0.3 is 10.2 Å². The molecule has 1 aromatic rings. The predicted molar refractivity (Wildman–Crippen MR) is 74.8 cm³/mol. The molecule has 0 aliphatic carbocycles. The van der Waals surface area contributed by atoms with Gasteiger partial charge in [0.1, 0.15) is 0 Å². The van der Waals surface area contributed by atoms with Gasteiger partial charge in [0.05, 0.1) is 0 Å². The van der Waals surface area contributed by atoms with Crippen LogP contribution in [0.25, 0.3) is 0 Å². The van der Waals surface area contributed by atoms with Gasteiger partial charge in [0.2, 0.25) is 0 Å². The maximum Gasteiger partial charge on any atom is 0.0407 e. The first-order valence-electron chi connectivity index (χ1n) is 6.45. The van der Waals surface area contributed by atoms with Crippen LogP contribution >= 0.6 is 11.6 Å². The molecule has 1 heterocycles. The number of hydrogen-bond donors (Lipinski definition) is 1. The second-order valence-electron chi connectivity index (χ2n) is 4.85. The molecule has 1 unspecified atom stereocenters. The highest BCUT2D eigenvalue weighted by Gasteiger charge is 2.17. The molecule has 1 aliphatic rings.